The molecule has 1 aromatic rings. The van der Waals surface area contributed by atoms with Crippen LogP contribution in [0.15, 0.2) is 18.2 Å². The first-order valence-electron chi connectivity index (χ1n) is 6.63. The third-order valence-electron chi connectivity index (χ3n) is 4.03. The molecule has 0 unspecified atom stereocenters. The molecule has 3 atom stereocenters. The summed E-state index contributed by atoms with van der Waals surface area (Å²) in [5.41, 5.74) is 1.24. The number of hydrogen-bond acceptors (Lipinski definition) is 3. The molecule has 0 amide bonds. The average molecular weight is 287 g/mol. The fourth-order valence-electron chi connectivity index (χ4n) is 3.10. The Bertz CT molecular complexity index is 504. The number of methoxy groups -OCH3 is 1. The SMILES string of the molecule is COc1ccc2c(c1)[C@@H]1OCCC[C@@H]1[C@@H](C(F)(F)F)N2. The summed E-state index contributed by atoms with van der Waals surface area (Å²) in [6.45, 7) is 0.502. The van der Waals surface area contributed by atoms with Gasteiger partial charge in [0.1, 0.15) is 11.8 Å². The normalized spacial score (nSPS) is 29.1. The second kappa shape index (κ2) is 4.84. The van der Waals surface area contributed by atoms with Crippen LogP contribution in [0.2, 0.25) is 0 Å². The van der Waals surface area contributed by atoms with E-state index in [2.05, 4.69) is 5.32 Å². The summed E-state index contributed by atoms with van der Waals surface area (Å²) in [6, 6.07) is 3.50. The van der Waals surface area contributed by atoms with Crippen LogP contribution in [0.5, 0.6) is 5.75 Å². The van der Waals surface area contributed by atoms with Crippen molar-refractivity contribution in [3.05, 3.63) is 23.8 Å². The average Bonchev–Trinajstić information content (AvgIpc) is 2.44. The summed E-state index contributed by atoms with van der Waals surface area (Å²) in [4.78, 5) is 0. The first-order chi connectivity index (χ1) is 9.50. The van der Waals surface area contributed by atoms with Gasteiger partial charge in [-0.3, -0.25) is 0 Å². The van der Waals surface area contributed by atoms with Crippen LogP contribution < -0.4 is 10.1 Å². The molecule has 0 radical (unpaired) electrons. The molecule has 1 fully saturated rings. The highest BCUT2D eigenvalue weighted by molar-refractivity contribution is 5.58. The number of fused-ring (bicyclic) bond motifs is 3. The molecule has 2 heterocycles. The topological polar surface area (TPSA) is 30.5 Å². The van der Waals surface area contributed by atoms with Crippen molar-refractivity contribution in [3.63, 3.8) is 0 Å². The number of ether oxygens (including phenoxy) is 2. The molecule has 0 saturated carbocycles. The van der Waals surface area contributed by atoms with Crippen LogP contribution in [0.4, 0.5) is 18.9 Å². The summed E-state index contributed by atoms with van der Waals surface area (Å²) < 4.78 is 50.4. The van der Waals surface area contributed by atoms with Gasteiger partial charge in [0, 0.05) is 23.8 Å². The van der Waals surface area contributed by atoms with E-state index in [0.29, 0.717) is 30.9 Å². The van der Waals surface area contributed by atoms with E-state index in [1.54, 1.807) is 18.2 Å². The molecule has 3 rings (SSSR count). The van der Waals surface area contributed by atoms with Crippen molar-refractivity contribution in [3.8, 4) is 5.75 Å². The van der Waals surface area contributed by atoms with Gasteiger partial charge < -0.3 is 14.8 Å². The molecular formula is C14H16F3NO2. The Balaban J connectivity index is 2.03. The van der Waals surface area contributed by atoms with E-state index in [9.17, 15) is 13.2 Å². The van der Waals surface area contributed by atoms with Gasteiger partial charge in [-0.2, -0.15) is 13.2 Å². The number of halogens is 3. The maximum Gasteiger partial charge on any atom is 0.408 e. The van der Waals surface area contributed by atoms with Gasteiger partial charge in [-0.1, -0.05) is 0 Å². The minimum Gasteiger partial charge on any atom is -0.497 e. The van der Waals surface area contributed by atoms with Gasteiger partial charge in [0.05, 0.1) is 13.2 Å². The zero-order valence-corrected chi connectivity index (χ0v) is 11.0. The quantitative estimate of drug-likeness (QED) is 0.857. The van der Waals surface area contributed by atoms with Crippen molar-refractivity contribution in [2.75, 3.05) is 19.0 Å². The number of nitrogens with one attached hydrogen (secondary N) is 1. The van der Waals surface area contributed by atoms with E-state index in [1.165, 1.54) is 7.11 Å². The Morgan fingerprint density at radius 1 is 1.35 bits per heavy atom. The van der Waals surface area contributed by atoms with Crippen LogP contribution in [-0.4, -0.2) is 25.9 Å². The predicted molar refractivity (Wildman–Crippen MR) is 67.9 cm³/mol. The molecule has 1 saturated heterocycles. The lowest BCUT2D eigenvalue weighted by Gasteiger charge is -2.43. The fourth-order valence-corrected chi connectivity index (χ4v) is 3.10. The number of alkyl halides is 3. The second-order valence-corrected chi connectivity index (χ2v) is 5.21. The largest absolute Gasteiger partial charge is 0.497 e. The van der Waals surface area contributed by atoms with Gasteiger partial charge in [-0.25, -0.2) is 0 Å². The highest BCUT2D eigenvalue weighted by Gasteiger charge is 2.51. The van der Waals surface area contributed by atoms with Gasteiger partial charge in [-0.15, -0.1) is 0 Å². The monoisotopic (exact) mass is 287 g/mol. The molecule has 0 bridgehead atoms. The molecule has 0 aliphatic carbocycles. The Kier molecular flexibility index (Phi) is 3.28. The molecule has 0 aromatic heterocycles. The second-order valence-electron chi connectivity index (χ2n) is 5.21. The minimum atomic E-state index is -4.28. The lowest BCUT2D eigenvalue weighted by Crippen LogP contribution is -2.49. The standard InChI is InChI=1S/C14H16F3NO2/c1-19-8-4-5-11-10(7-8)12-9(3-2-6-20-12)13(18-11)14(15,16)17/h4-5,7,9,12-13,18H,2-3,6H2,1H3/t9-,12+,13-/m0/s1. The summed E-state index contributed by atoms with van der Waals surface area (Å²) in [5.74, 6) is 0.0484. The molecule has 110 valence electrons. The first-order valence-corrected chi connectivity index (χ1v) is 6.63. The van der Waals surface area contributed by atoms with Crippen LogP contribution >= 0.6 is 0 Å². The van der Waals surface area contributed by atoms with Crippen molar-refractivity contribution in [2.45, 2.75) is 31.2 Å². The van der Waals surface area contributed by atoms with Crippen LogP contribution in [0.25, 0.3) is 0 Å². The van der Waals surface area contributed by atoms with E-state index in [0.717, 1.165) is 5.56 Å². The highest BCUT2D eigenvalue weighted by atomic mass is 19.4. The van der Waals surface area contributed by atoms with E-state index in [-0.39, 0.29) is 0 Å². The zero-order chi connectivity index (χ0) is 14.3. The van der Waals surface area contributed by atoms with Crippen LogP contribution in [0.1, 0.15) is 24.5 Å². The first kappa shape index (κ1) is 13.5. The van der Waals surface area contributed by atoms with Gasteiger partial charge in [-0.05, 0) is 31.0 Å². The van der Waals surface area contributed by atoms with E-state index >= 15 is 0 Å². The molecule has 1 aromatic carbocycles. The molecule has 2 aliphatic rings. The summed E-state index contributed by atoms with van der Waals surface area (Å²) >= 11 is 0. The van der Waals surface area contributed by atoms with Crippen molar-refractivity contribution in [2.24, 2.45) is 5.92 Å². The maximum absolute atomic E-state index is 13.2. The van der Waals surface area contributed by atoms with Crippen LogP contribution in [0.3, 0.4) is 0 Å². The lowest BCUT2D eigenvalue weighted by molar-refractivity contribution is -0.175. The Morgan fingerprint density at radius 2 is 2.15 bits per heavy atom. The number of anilines is 1. The van der Waals surface area contributed by atoms with Gasteiger partial charge in [0.15, 0.2) is 0 Å². The van der Waals surface area contributed by atoms with E-state index in [4.69, 9.17) is 9.47 Å². The van der Waals surface area contributed by atoms with Crippen LogP contribution in [-0.2, 0) is 4.74 Å². The molecule has 0 spiro atoms. The number of hydrogen-bond donors (Lipinski definition) is 1. The zero-order valence-electron chi connectivity index (χ0n) is 11.0. The van der Waals surface area contributed by atoms with Gasteiger partial charge in [0.25, 0.3) is 0 Å². The smallest absolute Gasteiger partial charge is 0.408 e. The fraction of sp³-hybridized carbons (Fsp3) is 0.571. The maximum atomic E-state index is 13.2. The predicted octanol–water partition coefficient (Wildman–Crippen LogP) is 3.52. The minimum absolute atomic E-state index is 0.483. The molecule has 20 heavy (non-hydrogen) atoms. The molecular weight excluding hydrogens is 271 g/mol. The van der Waals surface area contributed by atoms with E-state index in [1.807, 2.05) is 0 Å². The van der Waals surface area contributed by atoms with Crippen LogP contribution in [0, 0.1) is 5.92 Å². The van der Waals surface area contributed by atoms with Gasteiger partial charge in [0.2, 0.25) is 0 Å². The highest BCUT2D eigenvalue weighted by Crippen LogP contribution is 2.48. The van der Waals surface area contributed by atoms with E-state index < -0.39 is 24.2 Å². The van der Waals surface area contributed by atoms with Crippen molar-refractivity contribution >= 4 is 5.69 Å². The van der Waals surface area contributed by atoms with Gasteiger partial charge >= 0.3 is 6.18 Å². The van der Waals surface area contributed by atoms with Crippen molar-refractivity contribution in [1.82, 2.24) is 0 Å². The third kappa shape index (κ3) is 2.22. The van der Waals surface area contributed by atoms with Crippen molar-refractivity contribution in [1.29, 1.82) is 0 Å². The number of rotatable bonds is 1. The summed E-state index contributed by atoms with van der Waals surface area (Å²) in [6.07, 6.45) is -3.62. The number of benzene rings is 1. The summed E-state index contributed by atoms with van der Waals surface area (Å²) in [5, 5.41) is 2.63. The molecule has 3 nitrogen and oxygen atoms in total. The lowest BCUT2D eigenvalue weighted by atomic mass is 9.79. The molecule has 2 aliphatic heterocycles. The summed E-state index contributed by atoms with van der Waals surface area (Å²) in [7, 11) is 1.54. The Hall–Kier alpha value is -1.43. The Labute approximate surface area is 115 Å². The molecule has 6 heteroatoms. The Morgan fingerprint density at radius 3 is 2.85 bits per heavy atom. The molecule has 1 N–H and O–H groups in total. The third-order valence-corrected chi connectivity index (χ3v) is 4.03. The van der Waals surface area contributed by atoms with Crippen molar-refractivity contribution < 1.29 is 22.6 Å².